The summed E-state index contributed by atoms with van der Waals surface area (Å²) in [6, 6.07) is 18.4. The van der Waals surface area contributed by atoms with Crippen molar-refractivity contribution in [3.8, 4) is 28.8 Å². The van der Waals surface area contributed by atoms with Gasteiger partial charge < -0.3 is 9.84 Å². The van der Waals surface area contributed by atoms with Gasteiger partial charge in [0.2, 0.25) is 0 Å². The minimum absolute atomic E-state index is 0.354. The number of nitriles is 1. The maximum atomic E-state index is 11.2. The molecule has 3 aromatic rings. The van der Waals surface area contributed by atoms with Gasteiger partial charge in [-0.25, -0.2) is 9.48 Å². The highest BCUT2D eigenvalue weighted by Gasteiger charge is 2.14. The second-order valence-corrected chi connectivity index (χ2v) is 5.42. The summed E-state index contributed by atoms with van der Waals surface area (Å²) in [7, 11) is 1.58. The first-order chi connectivity index (χ1) is 12.6. The van der Waals surface area contributed by atoms with E-state index in [1.807, 2.05) is 42.5 Å². The van der Waals surface area contributed by atoms with E-state index >= 15 is 0 Å². The van der Waals surface area contributed by atoms with E-state index in [1.54, 1.807) is 36.2 Å². The minimum Gasteiger partial charge on any atom is -0.497 e. The van der Waals surface area contributed by atoms with E-state index in [2.05, 4.69) is 5.10 Å². The number of carboxylic acid groups (broad SMARTS) is 1. The van der Waals surface area contributed by atoms with Crippen molar-refractivity contribution in [3.63, 3.8) is 0 Å². The summed E-state index contributed by atoms with van der Waals surface area (Å²) in [4.78, 5) is 11.2. The van der Waals surface area contributed by atoms with Gasteiger partial charge in [0.1, 0.15) is 17.4 Å². The molecule has 0 amide bonds. The van der Waals surface area contributed by atoms with E-state index in [1.165, 1.54) is 6.08 Å². The number of benzene rings is 2. The molecule has 0 unspecified atom stereocenters. The SMILES string of the molecule is COc1ccc(-c2nn(-c3ccccc3)cc2/C=C(/C#N)C(=O)O)cc1. The van der Waals surface area contributed by atoms with Crippen molar-refractivity contribution in [1.82, 2.24) is 9.78 Å². The van der Waals surface area contributed by atoms with Gasteiger partial charge in [0.15, 0.2) is 0 Å². The molecule has 26 heavy (non-hydrogen) atoms. The molecule has 6 heteroatoms. The van der Waals surface area contributed by atoms with Crippen LogP contribution in [-0.2, 0) is 4.79 Å². The zero-order valence-electron chi connectivity index (χ0n) is 14.0. The maximum Gasteiger partial charge on any atom is 0.346 e. The lowest BCUT2D eigenvalue weighted by Gasteiger charge is -2.02. The van der Waals surface area contributed by atoms with E-state index in [0.717, 1.165) is 11.3 Å². The van der Waals surface area contributed by atoms with Gasteiger partial charge in [-0.1, -0.05) is 18.2 Å². The Labute approximate surface area is 150 Å². The van der Waals surface area contributed by atoms with E-state index in [4.69, 9.17) is 15.1 Å². The molecule has 1 aromatic heterocycles. The summed E-state index contributed by atoms with van der Waals surface area (Å²) in [5.41, 5.74) is 2.38. The third-order valence-electron chi connectivity index (χ3n) is 3.78. The van der Waals surface area contributed by atoms with Crippen molar-refractivity contribution in [2.45, 2.75) is 0 Å². The van der Waals surface area contributed by atoms with Crippen LogP contribution in [0.2, 0.25) is 0 Å². The van der Waals surface area contributed by atoms with E-state index < -0.39 is 5.97 Å². The first-order valence-corrected chi connectivity index (χ1v) is 7.77. The molecule has 1 N–H and O–H groups in total. The quantitative estimate of drug-likeness (QED) is 0.564. The molecule has 0 radical (unpaired) electrons. The fourth-order valence-corrected chi connectivity index (χ4v) is 2.48. The van der Waals surface area contributed by atoms with Gasteiger partial charge in [0, 0.05) is 17.3 Å². The Bertz CT molecular complexity index is 997. The highest BCUT2D eigenvalue weighted by atomic mass is 16.5. The van der Waals surface area contributed by atoms with Gasteiger partial charge in [0.25, 0.3) is 0 Å². The summed E-state index contributed by atoms with van der Waals surface area (Å²) in [5.74, 6) is -0.572. The Morgan fingerprint density at radius 2 is 1.88 bits per heavy atom. The normalized spacial score (nSPS) is 11.0. The number of hydrogen-bond acceptors (Lipinski definition) is 4. The number of aliphatic carboxylic acids is 1. The van der Waals surface area contributed by atoms with Gasteiger partial charge >= 0.3 is 5.97 Å². The van der Waals surface area contributed by atoms with Crippen LogP contribution in [-0.4, -0.2) is 28.0 Å². The van der Waals surface area contributed by atoms with Gasteiger partial charge in [0.05, 0.1) is 18.5 Å². The Morgan fingerprint density at radius 3 is 2.46 bits per heavy atom. The molecule has 0 atom stereocenters. The summed E-state index contributed by atoms with van der Waals surface area (Å²) in [6.07, 6.45) is 3.03. The second kappa shape index (κ2) is 7.36. The number of para-hydroxylation sites is 1. The topological polar surface area (TPSA) is 88.1 Å². The summed E-state index contributed by atoms with van der Waals surface area (Å²) in [5, 5.41) is 22.8. The van der Waals surface area contributed by atoms with Crippen molar-refractivity contribution in [3.05, 3.63) is 71.9 Å². The maximum absolute atomic E-state index is 11.2. The first kappa shape index (κ1) is 17.0. The average Bonchev–Trinajstić information content (AvgIpc) is 3.10. The van der Waals surface area contributed by atoms with Crippen LogP contribution in [0.3, 0.4) is 0 Å². The molecule has 0 fully saturated rings. The van der Waals surface area contributed by atoms with E-state index in [0.29, 0.717) is 17.0 Å². The van der Waals surface area contributed by atoms with Crippen molar-refractivity contribution < 1.29 is 14.6 Å². The number of methoxy groups -OCH3 is 1. The zero-order valence-corrected chi connectivity index (χ0v) is 14.0. The van der Waals surface area contributed by atoms with Crippen LogP contribution in [0.1, 0.15) is 5.56 Å². The predicted octanol–water partition coefficient (Wildman–Crippen LogP) is 3.54. The number of nitrogens with zero attached hydrogens (tertiary/aromatic N) is 3. The lowest BCUT2D eigenvalue weighted by molar-refractivity contribution is -0.132. The molecule has 0 aliphatic rings. The number of carboxylic acids is 1. The van der Waals surface area contributed by atoms with Crippen LogP contribution in [0.15, 0.2) is 66.4 Å². The molecule has 0 saturated heterocycles. The van der Waals surface area contributed by atoms with E-state index in [9.17, 15) is 4.79 Å². The van der Waals surface area contributed by atoms with Gasteiger partial charge in [-0.05, 0) is 42.5 Å². The molecule has 0 bridgehead atoms. The molecule has 2 aromatic carbocycles. The lowest BCUT2D eigenvalue weighted by Crippen LogP contribution is -1.97. The van der Waals surface area contributed by atoms with Crippen LogP contribution in [0.5, 0.6) is 5.75 Å². The molecule has 3 rings (SSSR count). The highest BCUT2D eigenvalue weighted by molar-refractivity contribution is 5.97. The molecule has 0 aliphatic carbocycles. The number of aromatic nitrogens is 2. The Morgan fingerprint density at radius 1 is 1.19 bits per heavy atom. The third kappa shape index (κ3) is 3.47. The monoisotopic (exact) mass is 345 g/mol. The molecule has 128 valence electrons. The number of carbonyl (C=O) groups is 1. The van der Waals surface area contributed by atoms with Crippen LogP contribution in [0, 0.1) is 11.3 Å². The Kier molecular flexibility index (Phi) is 4.81. The molecular formula is C20H15N3O3. The first-order valence-electron chi connectivity index (χ1n) is 7.77. The van der Waals surface area contributed by atoms with Crippen LogP contribution in [0.25, 0.3) is 23.0 Å². The molecule has 0 spiro atoms. The molecule has 1 heterocycles. The van der Waals surface area contributed by atoms with E-state index in [-0.39, 0.29) is 5.57 Å². The average molecular weight is 345 g/mol. The summed E-state index contributed by atoms with van der Waals surface area (Å²) >= 11 is 0. The highest BCUT2D eigenvalue weighted by Crippen LogP contribution is 2.27. The molecule has 6 nitrogen and oxygen atoms in total. The smallest absolute Gasteiger partial charge is 0.346 e. The summed E-state index contributed by atoms with van der Waals surface area (Å²) in [6.45, 7) is 0. The van der Waals surface area contributed by atoms with Crippen molar-refractivity contribution >= 4 is 12.0 Å². The Hall–Kier alpha value is -3.85. The standard InChI is InChI=1S/C20H15N3O3/c1-26-18-9-7-14(8-10-18)19-16(11-15(12-21)20(24)25)13-23(22-19)17-5-3-2-4-6-17/h2-11,13H,1H3,(H,24,25)/b15-11-. The van der Waals surface area contributed by atoms with Crippen LogP contribution < -0.4 is 4.74 Å². The number of ether oxygens (including phenoxy) is 1. The van der Waals surface area contributed by atoms with Gasteiger partial charge in [-0.15, -0.1) is 0 Å². The van der Waals surface area contributed by atoms with Gasteiger partial charge in [-0.2, -0.15) is 10.4 Å². The number of rotatable bonds is 5. The van der Waals surface area contributed by atoms with Gasteiger partial charge in [-0.3, -0.25) is 0 Å². The molecule has 0 saturated carbocycles. The number of hydrogen-bond donors (Lipinski definition) is 1. The zero-order chi connectivity index (χ0) is 18.5. The van der Waals surface area contributed by atoms with Crippen molar-refractivity contribution in [2.24, 2.45) is 0 Å². The lowest BCUT2D eigenvalue weighted by atomic mass is 10.1. The minimum atomic E-state index is -1.28. The second-order valence-electron chi connectivity index (χ2n) is 5.42. The third-order valence-corrected chi connectivity index (χ3v) is 3.78. The summed E-state index contributed by atoms with van der Waals surface area (Å²) < 4.78 is 6.82. The van der Waals surface area contributed by atoms with Crippen LogP contribution >= 0.6 is 0 Å². The molecular weight excluding hydrogens is 330 g/mol. The largest absolute Gasteiger partial charge is 0.497 e. The Balaban J connectivity index is 2.15. The predicted molar refractivity (Wildman–Crippen MR) is 96.8 cm³/mol. The van der Waals surface area contributed by atoms with Crippen molar-refractivity contribution in [2.75, 3.05) is 7.11 Å². The fraction of sp³-hybridized carbons (Fsp3) is 0.0500. The fourth-order valence-electron chi connectivity index (χ4n) is 2.48. The van der Waals surface area contributed by atoms with Crippen molar-refractivity contribution in [1.29, 1.82) is 5.26 Å². The van der Waals surface area contributed by atoms with Crippen LogP contribution in [0.4, 0.5) is 0 Å². The molecule has 0 aliphatic heterocycles.